The number of aromatic nitrogens is 4. The van der Waals surface area contributed by atoms with E-state index in [1.807, 2.05) is 0 Å². The highest BCUT2D eigenvalue weighted by molar-refractivity contribution is 7.11. The van der Waals surface area contributed by atoms with E-state index in [-0.39, 0.29) is 23.6 Å². The van der Waals surface area contributed by atoms with Crippen molar-refractivity contribution in [1.29, 1.82) is 0 Å². The summed E-state index contributed by atoms with van der Waals surface area (Å²) in [5, 5.41) is 0. The van der Waals surface area contributed by atoms with Gasteiger partial charge >= 0.3 is 11.7 Å². The molecule has 0 amide bonds. The van der Waals surface area contributed by atoms with Gasteiger partial charge in [0, 0.05) is 35.4 Å². The molecule has 0 saturated carbocycles. The molecule has 1 fully saturated rings. The van der Waals surface area contributed by atoms with E-state index in [1.165, 1.54) is 4.88 Å². The Morgan fingerprint density at radius 1 is 1.31 bits per heavy atom. The molecule has 0 spiro atoms. The number of hydrogen-bond donors (Lipinski definition) is 3. The minimum Gasteiger partial charge on any atom is -0.463 e. The Labute approximate surface area is 172 Å². The van der Waals surface area contributed by atoms with E-state index in [2.05, 4.69) is 38.9 Å². The first-order chi connectivity index (χ1) is 14.0. The van der Waals surface area contributed by atoms with Gasteiger partial charge in [-0.2, -0.15) is 9.97 Å². The van der Waals surface area contributed by atoms with E-state index < -0.39 is 0 Å². The maximum atomic E-state index is 12.5. The number of anilines is 1. The van der Waals surface area contributed by atoms with Gasteiger partial charge in [-0.15, -0.1) is 11.3 Å². The molecule has 29 heavy (non-hydrogen) atoms. The molecule has 4 heterocycles. The number of ether oxygens (including phenoxy) is 1. The van der Waals surface area contributed by atoms with Gasteiger partial charge in [-0.05, 0) is 25.0 Å². The predicted octanol–water partition coefficient (Wildman–Crippen LogP) is 1.52. The second kappa shape index (κ2) is 8.52. The summed E-state index contributed by atoms with van der Waals surface area (Å²) < 4.78 is 7.18. The van der Waals surface area contributed by atoms with Crippen LogP contribution in [0.1, 0.15) is 35.9 Å². The number of nitrogens with zero attached hydrogens (tertiary/aromatic N) is 4. The van der Waals surface area contributed by atoms with Gasteiger partial charge in [-0.3, -0.25) is 9.47 Å². The Balaban J connectivity index is 1.54. The molecular weight excluding hydrogens is 390 g/mol. The smallest absolute Gasteiger partial charge is 0.328 e. The van der Waals surface area contributed by atoms with Crippen LogP contribution in [0.25, 0.3) is 11.2 Å². The van der Waals surface area contributed by atoms with Crippen LogP contribution in [0.3, 0.4) is 0 Å². The fourth-order valence-electron chi connectivity index (χ4n) is 3.52. The van der Waals surface area contributed by atoms with Crippen LogP contribution in [0, 0.1) is 0 Å². The highest BCUT2D eigenvalue weighted by Crippen LogP contribution is 2.23. The second-order valence-electron chi connectivity index (χ2n) is 7.46. The molecule has 0 bridgehead atoms. The molecule has 5 N–H and O–H groups in total. The molecule has 1 aliphatic rings. The number of rotatable bonds is 8. The van der Waals surface area contributed by atoms with E-state index >= 15 is 0 Å². The number of nitrogen functional groups attached to an aromatic ring is 1. The van der Waals surface area contributed by atoms with Crippen molar-refractivity contribution in [3.05, 3.63) is 32.4 Å². The van der Waals surface area contributed by atoms with Gasteiger partial charge < -0.3 is 21.2 Å². The number of hydrogen-bond acceptors (Lipinski definition) is 8. The van der Waals surface area contributed by atoms with Crippen molar-refractivity contribution < 1.29 is 4.74 Å². The van der Waals surface area contributed by atoms with Crippen LogP contribution < -0.4 is 21.9 Å². The predicted molar refractivity (Wildman–Crippen MR) is 114 cm³/mol. The Morgan fingerprint density at radius 3 is 2.83 bits per heavy atom. The molecule has 3 aromatic heterocycles. The average Bonchev–Trinajstić information content (AvgIpc) is 3.38. The van der Waals surface area contributed by atoms with Crippen LogP contribution in [0.15, 0.2) is 16.9 Å². The number of likely N-dealkylation sites (tertiary alicyclic amines) is 1. The lowest BCUT2D eigenvalue weighted by molar-refractivity contribution is 0.286. The van der Waals surface area contributed by atoms with Gasteiger partial charge in [-0.1, -0.05) is 13.3 Å². The molecule has 156 valence electrons. The monoisotopic (exact) mass is 417 g/mol. The van der Waals surface area contributed by atoms with Crippen LogP contribution in [0.2, 0.25) is 0 Å². The van der Waals surface area contributed by atoms with Crippen molar-refractivity contribution in [2.45, 2.75) is 45.3 Å². The summed E-state index contributed by atoms with van der Waals surface area (Å²) in [5.74, 6) is 0.217. The van der Waals surface area contributed by atoms with Crippen molar-refractivity contribution >= 4 is 28.3 Å². The number of fused-ring (bicyclic) bond motifs is 1. The summed E-state index contributed by atoms with van der Waals surface area (Å²) in [6.45, 7) is 5.89. The normalized spacial score (nSPS) is 17.4. The average molecular weight is 418 g/mol. The lowest BCUT2D eigenvalue weighted by Crippen LogP contribution is -2.25. The number of aromatic amines is 1. The van der Waals surface area contributed by atoms with Gasteiger partial charge in [0.1, 0.15) is 5.52 Å². The first kappa shape index (κ1) is 19.9. The highest BCUT2D eigenvalue weighted by Gasteiger charge is 2.20. The van der Waals surface area contributed by atoms with Gasteiger partial charge in [0.15, 0.2) is 11.5 Å². The van der Waals surface area contributed by atoms with E-state index in [9.17, 15) is 4.79 Å². The van der Waals surface area contributed by atoms with Crippen molar-refractivity contribution in [3.8, 4) is 6.01 Å². The third-order valence-electron chi connectivity index (χ3n) is 5.08. The lowest BCUT2D eigenvalue weighted by atomic mass is 10.3. The molecule has 1 atom stereocenters. The van der Waals surface area contributed by atoms with Crippen molar-refractivity contribution in [1.82, 2.24) is 24.4 Å². The zero-order valence-electron chi connectivity index (χ0n) is 16.6. The third kappa shape index (κ3) is 4.44. The molecule has 0 aromatic carbocycles. The third-order valence-corrected chi connectivity index (χ3v) is 6.13. The molecule has 1 saturated heterocycles. The topological polar surface area (TPSA) is 128 Å². The second-order valence-corrected chi connectivity index (χ2v) is 8.71. The van der Waals surface area contributed by atoms with Crippen LogP contribution in [0.5, 0.6) is 6.01 Å². The fraction of sp³-hybridized carbons (Fsp3) is 0.526. The van der Waals surface area contributed by atoms with Gasteiger partial charge in [0.05, 0.1) is 13.2 Å². The Bertz CT molecular complexity index is 1040. The van der Waals surface area contributed by atoms with Gasteiger partial charge in [0.25, 0.3) is 0 Å². The SMILES string of the molecule is CCCCOc1nc(N)c2[nH]c(=O)n(Cc3ccc(CN4CCC(N)C4)s3)c2n1. The minimum absolute atomic E-state index is 0.202. The van der Waals surface area contributed by atoms with Crippen LogP contribution in [-0.4, -0.2) is 50.2 Å². The standard InChI is InChI=1S/C19H27N7O2S/c1-2-3-8-28-18-23-16(21)15-17(24-18)26(19(27)22-15)11-14-5-4-13(29-14)10-25-7-6-12(20)9-25/h4-5,12H,2-3,6-11,20H2,1H3,(H,22,27)(H2,21,23,24). The maximum absolute atomic E-state index is 12.5. The molecule has 4 rings (SSSR count). The summed E-state index contributed by atoms with van der Waals surface area (Å²) in [6, 6.07) is 4.66. The first-order valence-electron chi connectivity index (χ1n) is 9.98. The Morgan fingerprint density at radius 2 is 2.10 bits per heavy atom. The zero-order chi connectivity index (χ0) is 20.4. The first-order valence-corrected chi connectivity index (χ1v) is 10.8. The number of thiophene rings is 1. The van der Waals surface area contributed by atoms with Gasteiger partial charge in [0.2, 0.25) is 0 Å². The summed E-state index contributed by atoms with van der Waals surface area (Å²) in [5.41, 5.74) is 12.7. The molecular formula is C19H27N7O2S. The largest absolute Gasteiger partial charge is 0.463 e. The molecule has 10 heteroatoms. The number of H-pyrrole nitrogens is 1. The maximum Gasteiger partial charge on any atom is 0.328 e. The van der Waals surface area contributed by atoms with Gasteiger partial charge in [-0.25, -0.2) is 4.79 Å². The molecule has 9 nitrogen and oxygen atoms in total. The summed E-state index contributed by atoms with van der Waals surface area (Å²) in [6.07, 6.45) is 2.96. The van der Waals surface area contributed by atoms with E-state index in [0.29, 0.717) is 24.3 Å². The summed E-state index contributed by atoms with van der Waals surface area (Å²) in [4.78, 5) is 28.6. The molecule has 1 aliphatic heterocycles. The molecule has 3 aromatic rings. The van der Waals surface area contributed by atoms with Crippen molar-refractivity contribution in [2.24, 2.45) is 5.73 Å². The Kier molecular flexibility index (Phi) is 5.84. The number of nitrogens with one attached hydrogen (secondary N) is 1. The van der Waals surface area contributed by atoms with E-state index in [4.69, 9.17) is 16.2 Å². The van der Waals surface area contributed by atoms with E-state index in [1.54, 1.807) is 15.9 Å². The lowest BCUT2D eigenvalue weighted by Gasteiger charge is -2.13. The van der Waals surface area contributed by atoms with Crippen LogP contribution in [-0.2, 0) is 13.1 Å². The fourth-order valence-corrected chi connectivity index (χ4v) is 4.57. The summed E-state index contributed by atoms with van der Waals surface area (Å²) >= 11 is 1.70. The van der Waals surface area contributed by atoms with Crippen molar-refractivity contribution in [3.63, 3.8) is 0 Å². The van der Waals surface area contributed by atoms with Crippen molar-refractivity contribution in [2.75, 3.05) is 25.4 Å². The molecule has 0 radical (unpaired) electrons. The van der Waals surface area contributed by atoms with Crippen LogP contribution >= 0.6 is 11.3 Å². The number of imidazole rings is 1. The zero-order valence-corrected chi connectivity index (χ0v) is 17.4. The van der Waals surface area contributed by atoms with Crippen LogP contribution in [0.4, 0.5) is 5.82 Å². The minimum atomic E-state index is -0.257. The van der Waals surface area contributed by atoms with E-state index in [0.717, 1.165) is 43.8 Å². The number of unbranched alkanes of at least 4 members (excludes halogenated alkanes) is 1. The summed E-state index contributed by atoms with van der Waals surface area (Å²) in [7, 11) is 0. The number of nitrogens with two attached hydrogens (primary N) is 2. The Hall–Kier alpha value is -2.43. The quantitative estimate of drug-likeness (QED) is 0.474. The molecule has 1 unspecified atom stereocenters. The molecule has 0 aliphatic carbocycles. The highest BCUT2D eigenvalue weighted by atomic mass is 32.1.